The molecule has 0 aliphatic carbocycles. The minimum absolute atomic E-state index is 1.27. The second-order valence-electron chi connectivity index (χ2n) is 16.8. The first-order chi connectivity index (χ1) is 28.8. The fourth-order valence-corrected chi connectivity index (χ4v) is 12.4. The van der Waals surface area contributed by atoms with Crippen LogP contribution in [0.4, 0.5) is 0 Å². The third-order valence-corrected chi connectivity index (χ3v) is 14.4. The lowest BCUT2D eigenvalue weighted by Gasteiger charge is -2.05. The summed E-state index contributed by atoms with van der Waals surface area (Å²) in [5, 5.41) is 21.0. The average Bonchev–Trinajstić information content (AvgIpc) is 4.15. The number of nitrogens with zero attached hydrogens (tertiary/aromatic N) is 4. The summed E-state index contributed by atoms with van der Waals surface area (Å²) in [5.74, 6) is 0. The SMILES string of the molecule is c1ccc2c(c1)c1cccc3c4c(ccc5c6cccc7c8cc9c(cc8n(c76)c54)c4cccc5c6ccc7c(c8cccc%10c%11ccccc%11n7c%108)c6n9c45)n2c13. The zero-order chi connectivity index (χ0) is 36.9. The molecule has 4 nitrogen and oxygen atoms in total. The van der Waals surface area contributed by atoms with Crippen LogP contribution in [0.15, 0.2) is 158 Å². The summed E-state index contributed by atoms with van der Waals surface area (Å²) in [6.07, 6.45) is 0. The number of rotatable bonds is 0. The van der Waals surface area contributed by atoms with Gasteiger partial charge in [0.25, 0.3) is 0 Å². The van der Waals surface area contributed by atoms with Gasteiger partial charge in [-0.2, -0.15) is 0 Å². The maximum absolute atomic E-state index is 2.62. The molecule has 0 spiro atoms. The molecule has 0 saturated carbocycles. The zero-order valence-electron chi connectivity index (χ0n) is 30.8. The summed E-state index contributed by atoms with van der Waals surface area (Å²) in [6.45, 7) is 0. The van der Waals surface area contributed by atoms with Crippen molar-refractivity contribution in [2.24, 2.45) is 0 Å². The Hall–Kier alpha value is -7.82. The first kappa shape index (κ1) is 27.7. The molecule has 0 aliphatic rings. The van der Waals surface area contributed by atoms with E-state index in [2.05, 4.69) is 175 Å². The first-order valence-corrected chi connectivity index (χ1v) is 20.3. The minimum atomic E-state index is 1.27. The van der Waals surface area contributed by atoms with E-state index in [1.54, 1.807) is 0 Å². The minimum Gasteiger partial charge on any atom is -0.308 e. The Morgan fingerprint density at radius 3 is 0.966 bits per heavy atom. The van der Waals surface area contributed by atoms with Gasteiger partial charge in [0.2, 0.25) is 0 Å². The predicted octanol–water partition coefficient (Wildman–Crippen LogP) is 14.3. The molecule has 262 valence electrons. The van der Waals surface area contributed by atoms with Gasteiger partial charge in [0, 0.05) is 86.2 Å². The van der Waals surface area contributed by atoms with E-state index in [1.165, 1.54) is 152 Å². The molecule has 0 atom stereocenters. The predicted molar refractivity (Wildman–Crippen MR) is 245 cm³/mol. The first-order valence-electron chi connectivity index (χ1n) is 20.3. The van der Waals surface area contributed by atoms with Crippen LogP contribution >= 0.6 is 0 Å². The zero-order valence-corrected chi connectivity index (χ0v) is 30.8. The van der Waals surface area contributed by atoms with Crippen molar-refractivity contribution in [2.45, 2.75) is 0 Å². The van der Waals surface area contributed by atoms with E-state index in [-0.39, 0.29) is 0 Å². The number of hydrogen-bond donors (Lipinski definition) is 0. The highest BCUT2D eigenvalue weighted by Gasteiger charge is 2.27. The Labute approximate surface area is 326 Å². The van der Waals surface area contributed by atoms with Crippen molar-refractivity contribution in [1.82, 2.24) is 17.6 Å². The highest BCUT2D eigenvalue weighted by molar-refractivity contribution is 6.37. The molecule has 0 saturated heterocycles. The molecule has 0 bridgehead atoms. The maximum atomic E-state index is 2.62. The molecule has 0 unspecified atom stereocenters. The standard InChI is InChI=1S/C54H26N4/c1-3-19-41-27(9-1)29-11-7-17-37-47-43(55(41)51(29)37)23-21-35-31-13-5-15-33-39-26-46-40(25-45(39)57(49(31)33)53(35)47)34-16-6-14-32-36-22-24-44-48(54(36)58(46)50(32)34)38-18-8-12-30-28-10-2-4-20-42(28)56(44)52(30)38/h1-26H. The molecule has 8 heterocycles. The van der Waals surface area contributed by atoms with Crippen LogP contribution < -0.4 is 0 Å². The second-order valence-corrected chi connectivity index (χ2v) is 16.8. The second kappa shape index (κ2) is 8.76. The van der Waals surface area contributed by atoms with E-state index in [4.69, 9.17) is 0 Å². The van der Waals surface area contributed by atoms with Gasteiger partial charge in [-0.05, 0) is 36.4 Å². The van der Waals surface area contributed by atoms with E-state index in [9.17, 15) is 0 Å². The van der Waals surface area contributed by atoms with Crippen molar-refractivity contribution < 1.29 is 0 Å². The van der Waals surface area contributed by atoms with E-state index < -0.39 is 0 Å². The fraction of sp³-hybridized carbons (Fsp3) is 0. The van der Waals surface area contributed by atoms with Crippen molar-refractivity contribution in [2.75, 3.05) is 0 Å². The molecule has 0 aliphatic heterocycles. The van der Waals surface area contributed by atoms with Gasteiger partial charge in [0.15, 0.2) is 0 Å². The molecule has 9 aromatic carbocycles. The number of para-hydroxylation sites is 6. The van der Waals surface area contributed by atoms with Crippen molar-refractivity contribution in [3.8, 4) is 0 Å². The van der Waals surface area contributed by atoms with Crippen molar-refractivity contribution in [3.05, 3.63) is 158 Å². The van der Waals surface area contributed by atoms with Crippen LogP contribution in [0, 0.1) is 0 Å². The van der Waals surface area contributed by atoms with Crippen LogP contribution in [-0.4, -0.2) is 17.6 Å². The molecule has 0 radical (unpaired) electrons. The quantitative estimate of drug-likeness (QED) is 0.148. The van der Waals surface area contributed by atoms with Gasteiger partial charge >= 0.3 is 0 Å². The van der Waals surface area contributed by atoms with Gasteiger partial charge in [-0.3, -0.25) is 0 Å². The van der Waals surface area contributed by atoms with Crippen LogP contribution in [0.1, 0.15) is 0 Å². The van der Waals surface area contributed by atoms with Gasteiger partial charge in [-0.25, -0.2) is 0 Å². The summed E-state index contributed by atoms with van der Waals surface area (Å²) >= 11 is 0. The molecule has 0 amide bonds. The summed E-state index contributed by atoms with van der Waals surface area (Å²) in [7, 11) is 0. The largest absolute Gasteiger partial charge is 0.308 e. The Bertz CT molecular complexity index is 4420. The topological polar surface area (TPSA) is 17.6 Å². The summed E-state index contributed by atoms with van der Waals surface area (Å²) < 4.78 is 10.3. The molecular weight excluding hydrogens is 705 g/mol. The molecular formula is C54H26N4. The normalized spacial score (nSPS) is 13.5. The van der Waals surface area contributed by atoms with Crippen molar-refractivity contribution in [3.63, 3.8) is 0 Å². The Morgan fingerprint density at radius 1 is 0.190 bits per heavy atom. The number of aromatic nitrogens is 4. The third kappa shape index (κ3) is 2.68. The lowest BCUT2D eigenvalue weighted by Crippen LogP contribution is -1.86. The average molecular weight is 731 g/mol. The molecule has 0 fully saturated rings. The third-order valence-electron chi connectivity index (χ3n) is 14.4. The molecule has 0 N–H and O–H groups in total. The van der Waals surface area contributed by atoms with Gasteiger partial charge in [-0.15, -0.1) is 0 Å². The van der Waals surface area contributed by atoms with E-state index in [0.717, 1.165) is 0 Å². The van der Waals surface area contributed by atoms with E-state index in [1.807, 2.05) is 0 Å². The summed E-state index contributed by atoms with van der Waals surface area (Å²) in [4.78, 5) is 0. The van der Waals surface area contributed by atoms with Crippen LogP contribution in [0.25, 0.3) is 152 Å². The van der Waals surface area contributed by atoms with Crippen molar-refractivity contribution in [1.29, 1.82) is 0 Å². The lowest BCUT2D eigenvalue weighted by molar-refractivity contribution is 1.36. The number of hydrogen-bond acceptors (Lipinski definition) is 0. The van der Waals surface area contributed by atoms with Gasteiger partial charge < -0.3 is 17.6 Å². The molecule has 17 aromatic rings. The highest BCUT2D eigenvalue weighted by Crippen LogP contribution is 2.50. The summed E-state index contributed by atoms with van der Waals surface area (Å²) in [6, 6.07) is 59.9. The van der Waals surface area contributed by atoms with E-state index in [0.29, 0.717) is 0 Å². The highest BCUT2D eigenvalue weighted by atomic mass is 15.0. The summed E-state index contributed by atoms with van der Waals surface area (Å²) in [5.41, 5.74) is 15.5. The van der Waals surface area contributed by atoms with Gasteiger partial charge in [0.1, 0.15) is 0 Å². The Kier molecular flexibility index (Phi) is 4.18. The Balaban J connectivity index is 1.10. The monoisotopic (exact) mass is 730 g/mol. The Morgan fingerprint density at radius 2 is 0.517 bits per heavy atom. The van der Waals surface area contributed by atoms with E-state index >= 15 is 0 Å². The van der Waals surface area contributed by atoms with Crippen LogP contribution in [0.5, 0.6) is 0 Å². The number of benzene rings is 9. The maximum Gasteiger partial charge on any atom is 0.0641 e. The van der Waals surface area contributed by atoms with Gasteiger partial charge in [0.05, 0.1) is 66.2 Å². The fourth-order valence-electron chi connectivity index (χ4n) is 12.4. The molecule has 4 heteroatoms. The van der Waals surface area contributed by atoms with Crippen LogP contribution in [0.3, 0.4) is 0 Å². The van der Waals surface area contributed by atoms with Crippen LogP contribution in [0.2, 0.25) is 0 Å². The smallest absolute Gasteiger partial charge is 0.0641 e. The van der Waals surface area contributed by atoms with Crippen LogP contribution in [-0.2, 0) is 0 Å². The van der Waals surface area contributed by atoms with Gasteiger partial charge in [-0.1, -0.05) is 121 Å². The molecule has 58 heavy (non-hydrogen) atoms. The lowest BCUT2D eigenvalue weighted by atomic mass is 10.0. The van der Waals surface area contributed by atoms with Crippen molar-refractivity contribution >= 4 is 152 Å². The molecule has 8 aromatic heterocycles. The number of fused-ring (bicyclic) bond motifs is 26. The molecule has 17 rings (SSSR count).